The molecule has 0 unspecified atom stereocenters. The van der Waals surface area contributed by atoms with Gasteiger partial charge in [0.15, 0.2) is 6.10 Å². The summed E-state index contributed by atoms with van der Waals surface area (Å²) in [6.07, 6.45) is 3.46. The summed E-state index contributed by atoms with van der Waals surface area (Å²) in [5.41, 5.74) is 12.1. The first-order valence-electron chi connectivity index (χ1n) is 23.1. The van der Waals surface area contributed by atoms with Crippen LogP contribution in [-0.2, 0) is 30.4 Å². The van der Waals surface area contributed by atoms with Crippen molar-refractivity contribution >= 4 is 45.8 Å². The van der Waals surface area contributed by atoms with Gasteiger partial charge in [0.2, 0.25) is 5.91 Å². The predicted molar refractivity (Wildman–Crippen MR) is 243 cm³/mol. The van der Waals surface area contributed by atoms with Crippen molar-refractivity contribution in [2.24, 2.45) is 23.5 Å². The summed E-state index contributed by atoms with van der Waals surface area (Å²) in [5.74, 6) is 1.68. The normalized spacial score (nSPS) is 25.0. The van der Waals surface area contributed by atoms with Crippen LogP contribution in [0.5, 0.6) is 5.75 Å². The monoisotopic (exact) mass is 888 g/mol. The molecule has 0 bridgehead atoms. The van der Waals surface area contributed by atoms with Crippen LogP contribution in [0.2, 0.25) is 0 Å². The predicted octanol–water partition coefficient (Wildman–Crippen LogP) is 8.07. The lowest BCUT2D eigenvalue weighted by Gasteiger charge is -2.37. The molecule has 0 spiro atoms. The maximum absolute atomic E-state index is 14.4. The van der Waals surface area contributed by atoms with Crippen LogP contribution in [0.15, 0.2) is 48.7 Å². The van der Waals surface area contributed by atoms with Gasteiger partial charge in [-0.05, 0) is 111 Å². The topological polar surface area (TPSA) is 207 Å². The number of primary amides is 1. The first-order valence-corrected chi connectivity index (χ1v) is 23.1. The molecule has 6 heterocycles. The minimum Gasteiger partial charge on any atom is -0.488 e. The Labute approximate surface area is 378 Å². The van der Waals surface area contributed by atoms with Gasteiger partial charge in [0.25, 0.3) is 5.91 Å². The standard InChI is InChI=1S/C49H60N8O8/c1-8-28-17-39(56(22-28)47(59)43(65-48(50)60)31-15-26(5)64-27(6)16-31)44-51-21-37(53-44)30-10-12-33-32(18-30)23-63-40-20-34-29(19-35(33)40)11-13-36-42(34)54-45(52-36)38-14-9-25(4)57(38)46(58)41(24(2)3)55-49(61)62-7/h10-13,18-21,24-28,31,38-39,41,43H,8-9,14-17,22-23H2,1-7H3,(H2,50,60)(H,51,53)(H,52,54)(H,55,61)/t25-,26+,27+,28-,38-,39-,41-,43-/m0/s1. The number of aromatic amines is 2. The van der Waals surface area contributed by atoms with Crippen molar-refractivity contribution in [1.29, 1.82) is 0 Å². The first kappa shape index (κ1) is 44.1. The van der Waals surface area contributed by atoms with Gasteiger partial charge >= 0.3 is 12.2 Å². The Morgan fingerprint density at radius 3 is 2.45 bits per heavy atom. The number of amides is 4. The molecular formula is C49H60N8O8. The van der Waals surface area contributed by atoms with Crippen LogP contribution in [0, 0.1) is 17.8 Å². The molecule has 344 valence electrons. The molecule has 9 rings (SSSR count). The van der Waals surface area contributed by atoms with E-state index in [4.69, 9.17) is 34.6 Å². The Kier molecular flexibility index (Phi) is 12.0. The Bertz CT molecular complexity index is 2630. The fraction of sp³-hybridized carbons (Fsp3) is 0.510. The number of hydrogen-bond donors (Lipinski definition) is 4. The fourth-order valence-corrected chi connectivity index (χ4v) is 10.8. The highest BCUT2D eigenvalue weighted by Crippen LogP contribution is 2.44. The van der Waals surface area contributed by atoms with Gasteiger partial charge in [-0.1, -0.05) is 45.4 Å². The van der Waals surface area contributed by atoms with E-state index in [1.165, 1.54) is 7.11 Å². The van der Waals surface area contributed by atoms with E-state index in [1.807, 2.05) is 56.7 Å². The van der Waals surface area contributed by atoms with Crippen molar-refractivity contribution in [3.8, 4) is 28.1 Å². The number of H-pyrrole nitrogens is 2. The molecule has 4 aliphatic rings. The van der Waals surface area contributed by atoms with E-state index >= 15 is 0 Å². The lowest BCUT2D eigenvalue weighted by molar-refractivity contribution is -0.150. The molecule has 8 atom stereocenters. The van der Waals surface area contributed by atoms with E-state index in [1.54, 1.807) is 0 Å². The van der Waals surface area contributed by atoms with Gasteiger partial charge in [-0.3, -0.25) is 9.59 Å². The second-order valence-electron chi connectivity index (χ2n) is 18.9. The van der Waals surface area contributed by atoms with Crippen LogP contribution < -0.4 is 15.8 Å². The molecule has 3 aromatic carbocycles. The second kappa shape index (κ2) is 17.7. The molecule has 4 aliphatic heterocycles. The molecule has 16 heteroatoms. The Hall–Kier alpha value is -6.16. The highest BCUT2D eigenvalue weighted by Gasteiger charge is 2.45. The van der Waals surface area contributed by atoms with E-state index in [0.29, 0.717) is 37.6 Å². The van der Waals surface area contributed by atoms with Crippen LogP contribution in [0.3, 0.4) is 0 Å². The largest absolute Gasteiger partial charge is 0.488 e. The molecule has 5 N–H and O–H groups in total. The van der Waals surface area contributed by atoms with Crippen molar-refractivity contribution in [1.82, 2.24) is 35.1 Å². The van der Waals surface area contributed by atoms with E-state index in [2.05, 4.69) is 58.6 Å². The molecule has 5 aromatic rings. The third kappa shape index (κ3) is 8.36. The van der Waals surface area contributed by atoms with Gasteiger partial charge in [0.1, 0.15) is 30.0 Å². The number of methoxy groups -OCH3 is 1. The summed E-state index contributed by atoms with van der Waals surface area (Å²) in [6, 6.07) is 13.3. The van der Waals surface area contributed by atoms with E-state index in [0.717, 1.165) is 81.2 Å². The maximum Gasteiger partial charge on any atom is 0.407 e. The van der Waals surface area contributed by atoms with Crippen LogP contribution in [-0.4, -0.2) is 97.8 Å². The first-order chi connectivity index (χ1) is 31.2. The molecule has 65 heavy (non-hydrogen) atoms. The van der Waals surface area contributed by atoms with Crippen molar-refractivity contribution in [3.63, 3.8) is 0 Å². The molecule has 0 aliphatic carbocycles. The summed E-state index contributed by atoms with van der Waals surface area (Å²) in [7, 11) is 1.29. The number of benzene rings is 3. The number of nitrogens with two attached hydrogens (primary N) is 1. The smallest absolute Gasteiger partial charge is 0.407 e. The number of rotatable bonds is 10. The maximum atomic E-state index is 14.4. The number of carbonyl (C=O) groups is 4. The van der Waals surface area contributed by atoms with Gasteiger partial charge in [-0.15, -0.1) is 0 Å². The summed E-state index contributed by atoms with van der Waals surface area (Å²) in [5, 5.41) is 4.69. The van der Waals surface area contributed by atoms with Crippen molar-refractivity contribution < 1.29 is 38.1 Å². The third-order valence-corrected chi connectivity index (χ3v) is 14.1. The van der Waals surface area contributed by atoms with Gasteiger partial charge in [0, 0.05) is 29.5 Å². The Morgan fingerprint density at radius 1 is 0.938 bits per heavy atom. The SMILES string of the molecule is CC[C@H]1C[C@@H](c2ncc(-c3ccc4c(c3)COc3cc5c(ccc6[nH]c([C@@H]7CC[C@H](C)N7C(=O)[C@@H](NC(=O)OC)C(C)C)nc65)cc3-4)[nH]2)N(C(=O)[C@@H](OC(N)=O)C2C[C@@H](C)O[C@H](C)C2)C1. The number of nitrogens with one attached hydrogen (secondary N) is 3. The summed E-state index contributed by atoms with van der Waals surface area (Å²) in [6.45, 7) is 12.8. The highest BCUT2D eigenvalue weighted by molar-refractivity contribution is 6.07. The number of fused-ring (bicyclic) bond motifs is 6. The molecule has 0 radical (unpaired) electrons. The lowest BCUT2D eigenvalue weighted by atomic mass is 9.87. The lowest BCUT2D eigenvalue weighted by Crippen LogP contribution is -2.52. The molecule has 3 saturated heterocycles. The van der Waals surface area contributed by atoms with Crippen molar-refractivity contribution in [3.05, 3.63) is 65.9 Å². The van der Waals surface area contributed by atoms with Crippen LogP contribution in [0.4, 0.5) is 9.59 Å². The number of hydrogen-bond acceptors (Lipinski definition) is 10. The molecule has 0 saturated carbocycles. The number of likely N-dealkylation sites (tertiary alicyclic amines) is 2. The van der Waals surface area contributed by atoms with Gasteiger partial charge in [-0.2, -0.15) is 0 Å². The number of alkyl carbamates (subject to hydrolysis) is 1. The van der Waals surface area contributed by atoms with Gasteiger partial charge < -0.3 is 49.8 Å². The molecule has 16 nitrogen and oxygen atoms in total. The van der Waals surface area contributed by atoms with Crippen molar-refractivity contribution in [2.75, 3.05) is 13.7 Å². The zero-order chi connectivity index (χ0) is 45.8. The zero-order valence-electron chi connectivity index (χ0n) is 38.2. The minimum atomic E-state index is -0.997. The number of aromatic nitrogens is 4. The van der Waals surface area contributed by atoms with Gasteiger partial charge in [0.05, 0.1) is 54.3 Å². The number of imidazole rings is 2. The Morgan fingerprint density at radius 2 is 1.72 bits per heavy atom. The minimum absolute atomic E-state index is 0.0313. The summed E-state index contributed by atoms with van der Waals surface area (Å²) >= 11 is 0. The number of nitrogens with zero attached hydrogens (tertiary/aromatic N) is 4. The molecule has 3 fully saturated rings. The fourth-order valence-electron chi connectivity index (χ4n) is 10.8. The van der Waals surface area contributed by atoms with Crippen molar-refractivity contribution in [2.45, 2.75) is 129 Å². The molecule has 2 aromatic heterocycles. The summed E-state index contributed by atoms with van der Waals surface area (Å²) in [4.78, 5) is 73.4. The van der Waals surface area contributed by atoms with Crippen LogP contribution in [0.25, 0.3) is 44.2 Å². The third-order valence-electron chi connectivity index (χ3n) is 14.1. The quantitative estimate of drug-likeness (QED) is 0.106. The van der Waals surface area contributed by atoms with Crippen LogP contribution >= 0.6 is 0 Å². The zero-order valence-corrected chi connectivity index (χ0v) is 38.2. The number of ether oxygens (including phenoxy) is 4. The Balaban J connectivity index is 0.964. The molecule has 4 amide bonds. The second-order valence-corrected chi connectivity index (χ2v) is 18.9. The van der Waals surface area contributed by atoms with Gasteiger partial charge in [-0.25, -0.2) is 19.6 Å². The van der Waals surface area contributed by atoms with E-state index in [9.17, 15) is 19.2 Å². The average Bonchev–Trinajstić information content (AvgIpc) is 4.11. The average molecular weight is 889 g/mol. The molecular weight excluding hydrogens is 829 g/mol. The van der Waals surface area contributed by atoms with E-state index < -0.39 is 24.3 Å². The number of carbonyl (C=O) groups excluding carboxylic acids is 4. The van der Waals surface area contributed by atoms with Crippen LogP contribution in [0.1, 0.15) is 109 Å². The highest BCUT2D eigenvalue weighted by atomic mass is 16.6. The summed E-state index contributed by atoms with van der Waals surface area (Å²) < 4.78 is 22.8. The van der Waals surface area contributed by atoms with E-state index in [-0.39, 0.29) is 59.9 Å².